The van der Waals surface area contributed by atoms with Crippen molar-refractivity contribution in [3.05, 3.63) is 29.7 Å². The zero-order valence-corrected chi connectivity index (χ0v) is 12.2. The Kier molecular flexibility index (Phi) is 4.12. The molecule has 1 aliphatic heterocycles. The number of rotatable bonds is 4. The van der Waals surface area contributed by atoms with Crippen LogP contribution in [0.2, 0.25) is 0 Å². The Balaban J connectivity index is 1.60. The molecule has 0 atom stereocenters. The highest BCUT2D eigenvalue weighted by molar-refractivity contribution is 5.99. The van der Waals surface area contributed by atoms with E-state index in [1.807, 2.05) is 19.2 Å². The number of aromatic nitrogens is 3. The lowest BCUT2D eigenvalue weighted by molar-refractivity contribution is 0.0948. The van der Waals surface area contributed by atoms with E-state index in [4.69, 9.17) is 0 Å². The first kappa shape index (κ1) is 14.0. The Morgan fingerprint density at radius 1 is 1.43 bits per heavy atom. The Morgan fingerprint density at radius 3 is 3.05 bits per heavy atom. The van der Waals surface area contributed by atoms with Crippen LogP contribution >= 0.6 is 0 Å². The van der Waals surface area contributed by atoms with E-state index in [2.05, 4.69) is 25.6 Å². The third-order valence-corrected chi connectivity index (χ3v) is 3.68. The summed E-state index contributed by atoms with van der Waals surface area (Å²) >= 11 is 0. The van der Waals surface area contributed by atoms with Gasteiger partial charge >= 0.3 is 0 Å². The molecule has 21 heavy (non-hydrogen) atoms. The minimum atomic E-state index is -0.113. The third-order valence-electron chi connectivity index (χ3n) is 3.68. The number of carbonyl (C=O) groups excluding carboxylic acids is 1. The summed E-state index contributed by atoms with van der Waals surface area (Å²) in [6.45, 7) is 7.53. The normalized spacial score (nSPS) is 16.2. The maximum absolute atomic E-state index is 12.2. The number of hydrogen-bond donors (Lipinski definition) is 2. The van der Waals surface area contributed by atoms with Crippen molar-refractivity contribution in [1.29, 1.82) is 0 Å². The lowest BCUT2D eigenvalue weighted by atomic mass is 10.3. The largest absolute Gasteiger partial charge is 0.351 e. The number of nitrogens with one attached hydrogen (secondary N) is 2. The van der Waals surface area contributed by atoms with Crippen LogP contribution in [-0.2, 0) is 0 Å². The fourth-order valence-electron chi connectivity index (χ4n) is 2.48. The standard InChI is InChI=1S/C14H20N6O/c1-11-2-6-20-13(18-11)12(10-17-20)14(21)16-5-9-19-7-3-15-4-8-19/h2,6,10,15H,3-5,7-9H2,1H3,(H,16,21). The first-order chi connectivity index (χ1) is 10.2. The SMILES string of the molecule is Cc1ccn2ncc(C(=O)NCCN3CCNCC3)c2n1. The lowest BCUT2D eigenvalue weighted by Crippen LogP contribution is -2.46. The number of carbonyl (C=O) groups is 1. The van der Waals surface area contributed by atoms with Crippen molar-refractivity contribution in [2.45, 2.75) is 6.92 Å². The van der Waals surface area contributed by atoms with Gasteiger partial charge in [-0.15, -0.1) is 0 Å². The zero-order chi connectivity index (χ0) is 14.7. The Labute approximate surface area is 123 Å². The molecule has 0 bridgehead atoms. The van der Waals surface area contributed by atoms with Gasteiger partial charge in [-0.3, -0.25) is 9.69 Å². The van der Waals surface area contributed by atoms with Gasteiger partial charge < -0.3 is 10.6 Å². The van der Waals surface area contributed by atoms with Crippen molar-refractivity contribution in [3.8, 4) is 0 Å². The summed E-state index contributed by atoms with van der Waals surface area (Å²) in [5, 5.41) is 10.4. The van der Waals surface area contributed by atoms with Crippen LogP contribution in [0.15, 0.2) is 18.5 Å². The number of fused-ring (bicyclic) bond motifs is 1. The maximum atomic E-state index is 12.2. The van der Waals surface area contributed by atoms with Gasteiger partial charge in [-0.05, 0) is 13.0 Å². The Bertz CT molecular complexity index is 631. The summed E-state index contributed by atoms with van der Waals surface area (Å²) in [4.78, 5) is 19.0. The highest BCUT2D eigenvalue weighted by Crippen LogP contribution is 2.08. The molecule has 1 saturated heterocycles. The second kappa shape index (κ2) is 6.19. The van der Waals surface area contributed by atoms with Crippen LogP contribution in [0.4, 0.5) is 0 Å². The van der Waals surface area contributed by atoms with E-state index in [0.29, 0.717) is 17.8 Å². The summed E-state index contributed by atoms with van der Waals surface area (Å²) in [6.07, 6.45) is 3.39. The summed E-state index contributed by atoms with van der Waals surface area (Å²) in [5.74, 6) is -0.113. The predicted molar refractivity (Wildman–Crippen MR) is 79.4 cm³/mol. The number of hydrogen-bond acceptors (Lipinski definition) is 5. The molecule has 3 rings (SSSR count). The van der Waals surface area contributed by atoms with Crippen LogP contribution in [0.5, 0.6) is 0 Å². The minimum Gasteiger partial charge on any atom is -0.351 e. The Hall–Kier alpha value is -1.99. The molecule has 0 saturated carbocycles. The molecule has 7 heteroatoms. The van der Waals surface area contributed by atoms with Crippen LogP contribution in [0, 0.1) is 6.92 Å². The van der Waals surface area contributed by atoms with Crippen molar-refractivity contribution >= 4 is 11.6 Å². The summed E-state index contributed by atoms with van der Waals surface area (Å²) < 4.78 is 1.62. The van der Waals surface area contributed by atoms with Crippen LogP contribution < -0.4 is 10.6 Å². The van der Waals surface area contributed by atoms with Gasteiger partial charge in [-0.2, -0.15) is 5.10 Å². The zero-order valence-electron chi connectivity index (χ0n) is 12.2. The molecule has 1 aliphatic rings. The molecule has 0 aliphatic carbocycles. The summed E-state index contributed by atoms with van der Waals surface area (Å²) in [6, 6.07) is 1.87. The van der Waals surface area contributed by atoms with Gasteiger partial charge in [-0.25, -0.2) is 9.50 Å². The van der Waals surface area contributed by atoms with E-state index in [1.165, 1.54) is 0 Å². The van der Waals surface area contributed by atoms with Gasteiger partial charge in [0, 0.05) is 51.2 Å². The predicted octanol–water partition coefficient (Wildman–Crippen LogP) is -0.327. The molecule has 112 valence electrons. The molecule has 2 N–H and O–H groups in total. The van der Waals surface area contributed by atoms with Crippen LogP contribution in [0.1, 0.15) is 16.1 Å². The maximum Gasteiger partial charge on any atom is 0.256 e. The molecule has 1 amide bonds. The molecular formula is C14H20N6O. The average Bonchev–Trinajstić information content (AvgIpc) is 2.91. The fraction of sp³-hybridized carbons (Fsp3) is 0.500. The molecule has 0 unspecified atom stereocenters. The molecular weight excluding hydrogens is 268 g/mol. The highest BCUT2D eigenvalue weighted by atomic mass is 16.1. The van der Waals surface area contributed by atoms with Crippen molar-refractivity contribution in [2.75, 3.05) is 39.3 Å². The second-order valence-corrected chi connectivity index (χ2v) is 5.24. The molecule has 0 spiro atoms. The fourth-order valence-corrected chi connectivity index (χ4v) is 2.48. The third kappa shape index (κ3) is 3.20. The molecule has 1 fully saturated rings. The van der Waals surface area contributed by atoms with E-state index in [-0.39, 0.29) is 5.91 Å². The van der Waals surface area contributed by atoms with Gasteiger partial charge in [0.2, 0.25) is 0 Å². The van der Waals surface area contributed by atoms with Gasteiger partial charge in [-0.1, -0.05) is 0 Å². The van der Waals surface area contributed by atoms with E-state index < -0.39 is 0 Å². The monoisotopic (exact) mass is 288 g/mol. The van der Waals surface area contributed by atoms with Crippen molar-refractivity contribution in [2.24, 2.45) is 0 Å². The van der Waals surface area contributed by atoms with Gasteiger partial charge in [0.1, 0.15) is 5.56 Å². The smallest absolute Gasteiger partial charge is 0.256 e. The quantitative estimate of drug-likeness (QED) is 0.806. The van der Waals surface area contributed by atoms with Crippen LogP contribution in [0.25, 0.3) is 5.65 Å². The molecule has 3 heterocycles. The summed E-state index contributed by atoms with van der Waals surface area (Å²) in [7, 11) is 0. The van der Waals surface area contributed by atoms with E-state index in [9.17, 15) is 4.79 Å². The Morgan fingerprint density at radius 2 is 2.24 bits per heavy atom. The van der Waals surface area contributed by atoms with Crippen LogP contribution in [-0.4, -0.2) is 64.7 Å². The first-order valence-corrected chi connectivity index (χ1v) is 7.26. The highest BCUT2D eigenvalue weighted by Gasteiger charge is 2.14. The number of aryl methyl sites for hydroxylation is 1. The van der Waals surface area contributed by atoms with Gasteiger partial charge in [0.05, 0.1) is 6.20 Å². The number of piperazine rings is 1. The number of amides is 1. The van der Waals surface area contributed by atoms with E-state index in [0.717, 1.165) is 38.4 Å². The lowest BCUT2D eigenvalue weighted by Gasteiger charge is -2.27. The van der Waals surface area contributed by atoms with Gasteiger partial charge in [0.25, 0.3) is 5.91 Å². The molecule has 2 aromatic heterocycles. The van der Waals surface area contributed by atoms with Crippen molar-refractivity contribution in [1.82, 2.24) is 30.1 Å². The molecule has 0 aromatic carbocycles. The second-order valence-electron chi connectivity index (χ2n) is 5.24. The molecule has 7 nitrogen and oxygen atoms in total. The van der Waals surface area contributed by atoms with E-state index in [1.54, 1.807) is 10.7 Å². The average molecular weight is 288 g/mol. The summed E-state index contributed by atoms with van der Waals surface area (Å²) in [5.41, 5.74) is 2.01. The first-order valence-electron chi connectivity index (χ1n) is 7.26. The molecule has 0 radical (unpaired) electrons. The number of nitrogens with zero attached hydrogens (tertiary/aromatic N) is 4. The van der Waals surface area contributed by atoms with Crippen LogP contribution in [0.3, 0.4) is 0 Å². The minimum absolute atomic E-state index is 0.113. The van der Waals surface area contributed by atoms with Crippen molar-refractivity contribution in [3.63, 3.8) is 0 Å². The molecule has 2 aromatic rings. The topological polar surface area (TPSA) is 74.6 Å². The van der Waals surface area contributed by atoms with Crippen molar-refractivity contribution < 1.29 is 4.79 Å². The van der Waals surface area contributed by atoms with E-state index >= 15 is 0 Å². The van der Waals surface area contributed by atoms with Gasteiger partial charge in [0.15, 0.2) is 5.65 Å².